The highest BCUT2D eigenvalue weighted by molar-refractivity contribution is 7.89. The molecule has 0 radical (unpaired) electrons. The summed E-state index contributed by atoms with van der Waals surface area (Å²) < 4.78 is 48.7. The summed E-state index contributed by atoms with van der Waals surface area (Å²) in [4.78, 5) is 6.52. The summed E-state index contributed by atoms with van der Waals surface area (Å²) in [5.74, 6) is -1.99. The van der Waals surface area contributed by atoms with Crippen LogP contribution < -0.4 is 5.73 Å². The molecular weight excluding hydrogens is 326 g/mol. The lowest BCUT2D eigenvalue weighted by Gasteiger charge is -2.32. The third-order valence-corrected chi connectivity index (χ3v) is 6.19. The topological polar surface area (TPSA) is 79.0 Å². The van der Waals surface area contributed by atoms with Crippen LogP contribution in [-0.2, 0) is 10.0 Å². The Balaban J connectivity index is 1.81. The zero-order valence-electron chi connectivity index (χ0n) is 13.5. The number of aliphatic imine (C=N–C) groups is 1. The number of hydrogen-bond acceptors (Lipinski definition) is 3. The Morgan fingerprint density at radius 1 is 1.26 bits per heavy atom. The van der Waals surface area contributed by atoms with E-state index in [1.165, 1.54) is 6.42 Å². The molecule has 134 valence electrons. The molecule has 9 heteroatoms. The van der Waals surface area contributed by atoms with Crippen LogP contribution in [0.15, 0.2) is 4.99 Å². The van der Waals surface area contributed by atoms with Crippen LogP contribution in [0.4, 0.5) is 8.78 Å². The number of sulfonamides is 1. The number of alkyl halides is 2. The lowest BCUT2D eigenvalue weighted by atomic mass is 9.98. The van der Waals surface area contributed by atoms with Crippen LogP contribution in [0.2, 0.25) is 0 Å². The van der Waals surface area contributed by atoms with E-state index in [2.05, 4.69) is 16.8 Å². The Morgan fingerprint density at radius 3 is 2.48 bits per heavy atom. The molecule has 0 aliphatic carbocycles. The van der Waals surface area contributed by atoms with E-state index < -0.39 is 15.8 Å². The molecule has 0 aromatic heterocycles. The molecule has 0 aromatic carbocycles. The Bertz CT molecular complexity index is 519. The normalized spacial score (nSPS) is 26.0. The molecule has 6 nitrogen and oxygen atoms in total. The maximum Gasteiger partial charge on any atom is 0.350 e. The van der Waals surface area contributed by atoms with Crippen molar-refractivity contribution in [2.24, 2.45) is 22.6 Å². The van der Waals surface area contributed by atoms with Gasteiger partial charge in [-0.25, -0.2) is 8.42 Å². The van der Waals surface area contributed by atoms with E-state index in [4.69, 9.17) is 5.73 Å². The highest BCUT2D eigenvalue weighted by atomic mass is 32.2. The molecule has 0 amide bonds. The maximum absolute atomic E-state index is 12.5. The first-order chi connectivity index (χ1) is 10.8. The smallest absolute Gasteiger partial charge is 0.350 e. The molecule has 2 aliphatic rings. The molecule has 23 heavy (non-hydrogen) atoms. The minimum Gasteiger partial charge on any atom is -0.370 e. The number of nitrogens with zero attached hydrogens (tertiary/aromatic N) is 3. The van der Waals surface area contributed by atoms with Crippen molar-refractivity contribution in [3.8, 4) is 0 Å². The van der Waals surface area contributed by atoms with Gasteiger partial charge in [-0.15, -0.1) is 0 Å². The molecule has 2 heterocycles. The number of rotatable bonds is 4. The number of guanidine groups is 1. The van der Waals surface area contributed by atoms with E-state index in [-0.39, 0.29) is 19.0 Å². The average molecular weight is 352 g/mol. The van der Waals surface area contributed by atoms with Crippen molar-refractivity contribution < 1.29 is 17.2 Å². The molecule has 1 atom stereocenters. The van der Waals surface area contributed by atoms with E-state index in [0.717, 1.165) is 23.8 Å². The predicted octanol–water partition coefficient (Wildman–Crippen LogP) is 1.30. The van der Waals surface area contributed by atoms with Gasteiger partial charge in [0, 0.05) is 32.7 Å². The van der Waals surface area contributed by atoms with Crippen molar-refractivity contribution >= 4 is 16.0 Å². The Morgan fingerprint density at radius 2 is 1.91 bits per heavy atom. The summed E-state index contributed by atoms with van der Waals surface area (Å²) in [6.07, 6.45) is 3.40. The molecule has 2 fully saturated rings. The van der Waals surface area contributed by atoms with Gasteiger partial charge in [-0.2, -0.15) is 13.1 Å². The molecule has 2 saturated heterocycles. The molecule has 1 unspecified atom stereocenters. The van der Waals surface area contributed by atoms with Gasteiger partial charge in [-0.05, 0) is 37.5 Å². The fourth-order valence-corrected chi connectivity index (χ4v) is 4.12. The van der Waals surface area contributed by atoms with Crippen molar-refractivity contribution in [1.29, 1.82) is 0 Å². The van der Waals surface area contributed by atoms with Crippen LogP contribution in [-0.4, -0.2) is 62.1 Å². The van der Waals surface area contributed by atoms with Gasteiger partial charge in [0.1, 0.15) is 0 Å². The van der Waals surface area contributed by atoms with Gasteiger partial charge in [0.25, 0.3) is 10.0 Å². The Kier molecular flexibility index (Phi) is 6.19. The standard InChI is InChI=1S/C14H26F2N4O2S/c1-11-3-2-6-19(10-11)14(17)18-9-12-4-7-20(8-5-12)23(21,22)13(15)16/h11-13H,2-10H2,1H3,(H2,17,18). The summed E-state index contributed by atoms with van der Waals surface area (Å²) in [6.45, 7) is 4.82. The third-order valence-electron chi connectivity index (χ3n) is 4.65. The van der Waals surface area contributed by atoms with Crippen LogP contribution in [0.5, 0.6) is 0 Å². The monoisotopic (exact) mass is 352 g/mol. The first kappa shape index (κ1) is 18.4. The van der Waals surface area contributed by atoms with Crippen LogP contribution in [0, 0.1) is 11.8 Å². The first-order valence-corrected chi connectivity index (χ1v) is 9.63. The van der Waals surface area contributed by atoms with Crippen molar-refractivity contribution in [1.82, 2.24) is 9.21 Å². The summed E-state index contributed by atoms with van der Waals surface area (Å²) >= 11 is 0. The SMILES string of the molecule is CC1CCCN(C(N)=NCC2CCN(S(=O)(=O)C(F)F)CC2)C1. The summed E-state index contributed by atoms with van der Waals surface area (Å²) in [5, 5.41) is 0. The Labute approximate surface area is 136 Å². The maximum atomic E-state index is 12.5. The molecule has 0 spiro atoms. The van der Waals surface area contributed by atoms with Gasteiger partial charge in [-0.3, -0.25) is 4.99 Å². The van der Waals surface area contributed by atoms with Crippen molar-refractivity contribution in [3.05, 3.63) is 0 Å². The van der Waals surface area contributed by atoms with Gasteiger partial charge in [-0.1, -0.05) is 6.92 Å². The quantitative estimate of drug-likeness (QED) is 0.611. The number of halogens is 2. The molecular formula is C14H26F2N4O2S. The Hall–Kier alpha value is -0.960. The zero-order chi connectivity index (χ0) is 17.0. The minimum absolute atomic E-state index is 0.132. The second-order valence-electron chi connectivity index (χ2n) is 6.54. The number of piperidine rings is 2. The molecule has 0 saturated carbocycles. The summed E-state index contributed by atoms with van der Waals surface area (Å²) in [5.41, 5.74) is 6.03. The highest BCUT2D eigenvalue weighted by Gasteiger charge is 2.34. The lowest BCUT2D eigenvalue weighted by molar-refractivity contribution is 0.204. The van der Waals surface area contributed by atoms with Crippen LogP contribution in [0.1, 0.15) is 32.6 Å². The van der Waals surface area contributed by atoms with Crippen molar-refractivity contribution in [2.75, 3.05) is 32.7 Å². The third kappa shape index (κ3) is 4.76. The van der Waals surface area contributed by atoms with Crippen LogP contribution in [0.3, 0.4) is 0 Å². The number of likely N-dealkylation sites (tertiary alicyclic amines) is 1. The van der Waals surface area contributed by atoms with Crippen molar-refractivity contribution in [2.45, 2.75) is 38.4 Å². The lowest BCUT2D eigenvalue weighted by Crippen LogP contribution is -2.44. The van der Waals surface area contributed by atoms with Gasteiger partial charge in [0.15, 0.2) is 5.96 Å². The average Bonchev–Trinajstić information content (AvgIpc) is 2.52. The summed E-state index contributed by atoms with van der Waals surface area (Å²) in [6, 6.07) is 0. The fraction of sp³-hybridized carbons (Fsp3) is 0.929. The van der Waals surface area contributed by atoms with E-state index in [1.54, 1.807) is 0 Å². The molecule has 2 rings (SSSR count). The molecule has 2 N–H and O–H groups in total. The second-order valence-corrected chi connectivity index (χ2v) is 8.44. The molecule has 0 bridgehead atoms. The second kappa shape index (κ2) is 7.74. The van der Waals surface area contributed by atoms with Gasteiger partial charge >= 0.3 is 5.76 Å². The van der Waals surface area contributed by atoms with Gasteiger partial charge < -0.3 is 10.6 Å². The van der Waals surface area contributed by atoms with Crippen molar-refractivity contribution in [3.63, 3.8) is 0 Å². The van der Waals surface area contributed by atoms with Gasteiger partial charge in [0.2, 0.25) is 0 Å². The zero-order valence-corrected chi connectivity index (χ0v) is 14.3. The van der Waals surface area contributed by atoms with Crippen LogP contribution >= 0.6 is 0 Å². The molecule has 0 aromatic rings. The van der Waals surface area contributed by atoms with E-state index in [0.29, 0.717) is 31.3 Å². The van der Waals surface area contributed by atoms with Crippen LogP contribution in [0.25, 0.3) is 0 Å². The van der Waals surface area contributed by atoms with E-state index in [1.807, 2.05) is 0 Å². The molecule has 2 aliphatic heterocycles. The number of hydrogen-bond donors (Lipinski definition) is 1. The fourth-order valence-electron chi connectivity index (χ4n) is 3.18. The summed E-state index contributed by atoms with van der Waals surface area (Å²) in [7, 11) is -4.45. The predicted molar refractivity (Wildman–Crippen MR) is 85.7 cm³/mol. The minimum atomic E-state index is -4.45. The number of nitrogens with two attached hydrogens (primary N) is 1. The highest BCUT2D eigenvalue weighted by Crippen LogP contribution is 2.23. The van der Waals surface area contributed by atoms with Gasteiger partial charge in [0.05, 0.1) is 0 Å². The van der Waals surface area contributed by atoms with E-state index >= 15 is 0 Å². The largest absolute Gasteiger partial charge is 0.370 e. The first-order valence-electron chi connectivity index (χ1n) is 8.12. The van der Waals surface area contributed by atoms with E-state index in [9.17, 15) is 17.2 Å².